The molecule has 0 aliphatic rings. The molecule has 3 rings (SSSR count). The highest BCUT2D eigenvalue weighted by Gasteiger charge is 2.44. The summed E-state index contributed by atoms with van der Waals surface area (Å²) in [6.07, 6.45) is -6.64. The van der Waals surface area contributed by atoms with Gasteiger partial charge in [0, 0.05) is 0 Å². The molecule has 0 fully saturated rings. The molecule has 0 aromatic heterocycles. The van der Waals surface area contributed by atoms with E-state index in [1.807, 2.05) is 91.0 Å². The zero-order valence-corrected chi connectivity index (χ0v) is 19.5. The Morgan fingerprint density at radius 2 is 1.07 bits per heavy atom. The lowest BCUT2D eigenvalue weighted by molar-refractivity contribution is -0.162. The minimum absolute atomic E-state index is 0.412. The number of halogens is 5. The second-order valence-corrected chi connectivity index (χ2v) is 13.7. The third-order valence-corrected chi connectivity index (χ3v) is 8.45. The quantitative estimate of drug-likeness (QED) is 0.383. The minimum atomic E-state index is -3.94. The fraction of sp³-hybridized carbons (Fsp3) is 0.0476. The first-order chi connectivity index (χ1) is 14.1. The topological polar surface area (TPSA) is 40.1 Å². The summed E-state index contributed by atoms with van der Waals surface area (Å²) in [6, 6.07) is 29.3. The van der Waals surface area contributed by atoms with Crippen LogP contribution < -0.4 is 20.8 Å². The molecule has 9 heteroatoms. The summed E-state index contributed by atoms with van der Waals surface area (Å²) in [5.41, 5.74) is 0. The van der Waals surface area contributed by atoms with Gasteiger partial charge < -0.3 is 9.46 Å². The van der Waals surface area contributed by atoms with E-state index in [9.17, 15) is 18.2 Å². The summed E-state index contributed by atoms with van der Waals surface area (Å²) >= 11 is 14.6. The maximum Gasteiger partial charge on any atom is 0.277 e. The molecule has 0 aliphatic carbocycles. The molecule has 0 saturated heterocycles. The van der Waals surface area contributed by atoms with Gasteiger partial charge in [0.25, 0.3) is 6.43 Å². The van der Waals surface area contributed by atoms with Crippen LogP contribution in [-0.4, -0.2) is 6.43 Å². The molecule has 0 N–H and O–H groups in total. The molecule has 0 saturated carbocycles. The van der Waals surface area contributed by atoms with Crippen LogP contribution in [-0.2, 0) is 4.57 Å². The Balaban J connectivity index is 0.000000575. The Hall–Kier alpha value is -1.25. The van der Waals surface area contributed by atoms with E-state index in [0.29, 0.717) is 0 Å². The van der Waals surface area contributed by atoms with Gasteiger partial charge >= 0.3 is 0 Å². The van der Waals surface area contributed by atoms with Crippen LogP contribution >= 0.6 is 47.4 Å². The SMILES string of the molecule is FC(F)C(Cl)=C[P+](c1ccccc1)(c1ccccc1)c1ccccc1.O=P([O-])(Cl)Cl. The molecule has 158 valence electrons. The average Bonchev–Trinajstić information content (AvgIpc) is 2.72. The van der Waals surface area contributed by atoms with Crippen molar-refractivity contribution in [3.05, 3.63) is 102 Å². The van der Waals surface area contributed by atoms with Gasteiger partial charge in [-0.3, -0.25) is 0 Å². The van der Waals surface area contributed by atoms with Gasteiger partial charge in [0.15, 0.2) is 6.07 Å². The van der Waals surface area contributed by atoms with Crippen molar-refractivity contribution < 1.29 is 18.2 Å². The van der Waals surface area contributed by atoms with E-state index in [1.54, 1.807) is 5.82 Å². The summed E-state index contributed by atoms with van der Waals surface area (Å²) in [5, 5.41) is 2.56. The van der Waals surface area contributed by atoms with Crippen molar-refractivity contribution in [3.63, 3.8) is 0 Å². The Morgan fingerprint density at radius 3 is 1.30 bits per heavy atom. The van der Waals surface area contributed by atoms with Gasteiger partial charge in [0.2, 0.25) is 0 Å². The number of benzene rings is 3. The van der Waals surface area contributed by atoms with Gasteiger partial charge in [-0.15, -0.1) is 0 Å². The number of hydrogen-bond donors (Lipinski definition) is 0. The third kappa shape index (κ3) is 7.17. The lowest BCUT2D eigenvalue weighted by Crippen LogP contribution is -2.30. The predicted molar refractivity (Wildman–Crippen MR) is 124 cm³/mol. The van der Waals surface area contributed by atoms with E-state index in [1.165, 1.54) is 0 Å². The van der Waals surface area contributed by atoms with Gasteiger partial charge in [-0.2, -0.15) is 0 Å². The summed E-state index contributed by atoms with van der Waals surface area (Å²) in [4.78, 5) is 9.19. The molecule has 30 heavy (non-hydrogen) atoms. The largest absolute Gasteiger partial charge is 0.776 e. The molecular weight excluding hydrogens is 491 g/mol. The van der Waals surface area contributed by atoms with Crippen LogP contribution in [0.15, 0.2) is 102 Å². The number of hydrogen-bond acceptors (Lipinski definition) is 2. The van der Waals surface area contributed by atoms with Gasteiger partial charge in [-0.25, -0.2) is 8.78 Å². The Morgan fingerprint density at radius 1 is 0.800 bits per heavy atom. The summed E-state index contributed by atoms with van der Waals surface area (Å²) in [6.45, 7) is 0. The van der Waals surface area contributed by atoms with Crippen molar-refractivity contribution in [2.24, 2.45) is 0 Å². The Kier molecular flexibility index (Phi) is 9.50. The van der Waals surface area contributed by atoms with E-state index in [0.717, 1.165) is 15.9 Å². The molecule has 0 atom stereocenters. The zero-order chi connectivity index (χ0) is 22.2. The molecule has 3 aromatic rings. The Bertz CT molecular complexity index is 894. The number of allylic oxidation sites excluding steroid dienone is 1. The lowest BCUT2D eigenvalue weighted by atomic mass is 10.4. The van der Waals surface area contributed by atoms with E-state index in [2.05, 4.69) is 22.5 Å². The first-order valence-corrected chi connectivity index (χ1v) is 14.2. The summed E-state index contributed by atoms with van der Waals surface area (Å²) in [5.74, 6) is 1.58. The van der Waals surface area contributed by atoms with Crippen molar-refractivity contribution in [3.8, 4) is 0 Å². The highest BCUT2D eigenvalue weighted by molar-refractivity contribution is 8.03. The molecule has 2 nitrogen and oxygen atoms in total. The average molecular weight is 508 g/mol. The highest BCUT2D eigenvalue weighted by Crippen LogP contribution is 2.58. The molecule has 0 amide bonds. The van der Waals surface area contributed by atoms with Crippen LogP contribution in [0.2, 0.25) is 0 Å². The molecule has 3 aromatic carbocycles. The number of alkyl halides is 2. The second kappa shape index (κ2) is 11.4. The standard InChI is InChI=1S/C21H17ClF2P.Cl2HO2P/c22-20(21(23)24)16-25(17-10-4-1-5-11-17,18-12-6-2-7-13-18)19-14-8-3-9-15-19;1-5(2,3)4/h1-16,21H;(H,3,4)/q+1;/p-1. The third-order valence-electron chi connectivity index (χ3n) is 4.02. The smallest absolute Gasteiger partial charge is 0.277 e. The van der Waals surface area contributed by atoms with E-state index >= 15 is 0 Å². The molecule has 0 unspecified atom stereocenters. The summed E-state index contributed by atoms with van der Waals surface area (Å²) in [7, 11) is -2.44. The van der Waals surface area contributed by atoms with Gasteiger partial charge in [-0.1, -0.05) is 88.7 Å². The minimum Gasteiger partial charge on any atom is -0.776 e. The van der Waals surface area contributed by atoms with Crippen LogP contribution in [0.3, 0.4) is 0 Å². The monoisotopic (exact) mass is 506 g/mol. The van der Waals surface area contributed by atoms with Crippen LogP contribution in [0, 0.1) is 0 Å². The van der Waals surface area contributed by atoms with Crippen molar-refractivity contribution in [2.45, 2.75) is 6.43 Å². The van der Waals surface area contributed by atoms with Crippen LogP contribution in [0.4, 0.5) is 8.78 Å². The normalized spacial score (nSPS) is 12.3. The van der Waals surface area contributed by atoms with Crippen LogP contribution in [0.25, 0.3) is 0 Å². The van der Waals surface area contributed by atoms with Crippen LogP contribution in [0.5, 0.6) is 0 Å². The second-order valence-electron chi connectivity index (χ2n) is 5.96. The van der Waals surface area contributed by atoms with E-state index in [-0.39, 0.29) is 0 Å². The van der Waals surface area contributed by atoms with Gasteiger partial charge in [-0.05, 0) is 36.4 Å². The van der Waals surface area contributed by atoms with Crippen molar-refractivity contribution in [2.75, 3.05) is 0 Å². The molecule has 0 radical (unpaired) electrons. The first kappa shape index (κ1) is 25.0. The molecule has 0 spiro atoms. The lowest BCUT2D eigenvalue weighted by Gasteiger charge is -2.24. The first-order valence-electron chi connectivity index (χ1n) is 8.57. The van der Waals surface area contributed by atoms with Gasteiger partial charge in [0.05, 0.1) is 5.82 Å². The molecule has 0 aliphatic heterocycles. The van der Waals surface area contributed by atoms with E-state index in [4.69, 9.17) is 11.6 Å². The fourth-order valence-corrected chi connectivity index (χ4v) is 7.09. The molecule has 0 heterocycles. The Labute approximate surface area is 189 Å². The highest BCUT2D eigenvalue weighted by atomic mass is 35.9. The maximum absolute atomic E-state index is 13.3. The van der Waals surface area contributed by atoms with E-state index < -0.39 is 24.8 Å². The van der Waals surface area contributed by atoms with Crippen molar-refractivity contribution in [1.82, 2.24) is 0 Å². The maximum atomic E-state index is 13.3. The fourth-order valence-electron chi connectivity index (χ4n) is 2.90. The molecule has 0 bridgehead atoms. The number of rotatable bonds is 5. The van der Waals surface area contributed by atoms with Crippen molar-refractivity contribution in [1.29, 1.82) is 0 Å². The van der Waals surface area contributed by atoms with Gasteiger partial charge in [0.1, 0.15) is 28.2 Å². The summed E-state index contributed by atoms with van der Waals surface area (Å²) < 4.78 is 35.8. The molecular formula is C21H17Cl3F2O2P2. The predicted octanol–water partition coefficient (Wildman–Crippen LogP) is 6.26. The van der Waals surface area contributed by atoms with Crippen LogP contribution in [0.1, 0.15) is 0 Å². The zero-order valence-electron chi connectivity index (χ0n) is 15.4. The van der Waals surface area contributed by atoms with Crippen molar-refractivity contribution >= 4 is 63.3 Å².